The second-order valence-electron chi connectivity index (χ2n) is 4.19. The van der Waals surface area contributed by atoms with Crippen LogP contribution in [0.4, 0.5) is 0 Å². The van der Waals surface area contributed by atoms with E-state index in [0.717, 1.165) is 22.3 Å². The SMILES string of the molecule is CCc1cc(CC(=O)c2ncc(Br)cc2Br)n(C)n1. The Labute approximate surface area is 128 Å². The molecule has 2 aromatic heterocycles. The van der Waals surface area contributed by atoms with Crippen molar-refractivity contribution in [3.8, 4) is 0 Å². The first-order valence-electron chi connectivity index (χ1n) is 5.87. The average Bonchev–Trinajstić information content (AvgIpc) is 2.70. The molecule has 0 N–H and O–H groups in total. The molecule has 0 saturated heterocycles. The van der Waals surface area contributed by atoms with Crippen molar-refractivity contribution < 1.29 is 4.79 Å². The lowest BCUT2D eigenvalue weighted by atomic mass is 10.1. The lowest BCUT2D eigenvalue weighted by molar-refractivity contribution is 0.0985. The van der Waals surface area contributed by atoms with Crippen LogP contribution in [0.5, 0.6) is 0 Å². The lowest BCUT2D eigenvalue weighted by Gasteiger charge is -2.03. The van der Waals surface area contributed by atoms with Crippen LogP contribution in [-0.2, 0) is 19.9 Å². The van der Waals surface area contributed by atoms with Gasteiger partial charge in [0.1, 0.15) is 5.69 Å². The molecule has 0 aromatic carbocycles. The summed E-state index contributed by atoms with van der Waals surface area (Å²) < 4.78 is 3.29. The molecular formula is C13H13Br2N3O. The summed E-state index contributed by atoms with van der Waals surface area (Å²) in [4.78, 5) is 16.4. The fraction of sp³-hybridized carbons (Fsp3) is 0.308. The molecule has 0 radical (unpaired) electrons. The minimum atomic E-state index is -0.0231. The Morgan fingerprint density at radius 3 is 2.68 bits per heavy atom. The van der Waals surface area contributed by atoms with Gasteiger partial charge in [-0.05, 0) is 50.4 Å². The van der Waals surface area contributed by atoms with Gasteiger partial charge in [-0.3, -0.25) is 14.5 Å². The molecule has 0 atom stereocenters. The number of carbonyl (C=O) groups excluding carboxylic acids is 1. The van der Waals surface area contributed by atoms with Gasteiger partial charge < -0.3 is 0 Å². The molecule has 0 amide bonds. The maximum absolute atomic E-state index is 12.2. The maximum atomic E-state index is 12.2. The topological polar surface area (TPSA) is 47.8 Å². The van der Waals surface area contributed by atoms with Crippen molar-refractivity contribution in [2.45, 2.75) is 19.8 Å². The number of pyridine rings is 1. The summed E-state index contributed by atoms with van der Waals surface area (Å²) in [6.45, 7) is 2.04. The van der Waals surface area contributed by atoms with Crippen LogP contribution in [0.1, 0.15) is 28.8 Å². The van der Waals surface area contributed by atoms with Gasteiger partial charge in [0.2, 0.25) is 0 Å². The Morgan fingerprint density at radius 1 is 1.37 bits per heavy atom. The van der Waals surface area contributed by atoms with Gasteiger partial charge in [-0.15, -0.1) is 0 Å². The van der Waals surface area contributed by atoms with Gasteiger partial charge in [0, 0.05) is 27.9 Å². The monoisotopic (exact) mass is 385 g/mol. The highest BCUT2D eigenvalue weighted by Gasteiger charge is 2.15. The Bertz CT molecular complexity index is 622. The van der Waals surface area contributed by atoms with Crippen LogP contribution in [0.3, 0.4) is 0 Å². The van der Waals surface area contributed by atoms with Gasteiger partial charge in [0.25, 0.3) is 0 Å². The second-order valence-corrected chi connectivity index (χ2v) is 5.96. The first kappa shape index (κ1) is 14.4. The zero-order valence-electron chi connectivity index (χ0n) is 10.7. The van der Waals surface area contributed by atoms with E-state index in [0.29, 0.717) is 16.6 Å². The Morgan fingerprint density at radius 2 is 2.11 bits per heavy atom. The molecule has 6 heteroatoms. The summed E-state index contributed by atoms with van der Waals surface area (Å²) in [6, 6.07) is 3.78. The summed E-state index contributed by atoms with van der Waals surface area (Å²) in [6.07, 6.45) is 2.79. The summed E-state index contributed by atoms with van der Waals surface area (Å²) in [7, 11) is 1.85. The van der Waals surface area contributed by atoms with Gasteiger partial charge in [0.05, 0.1) is 12.1 Å². The zero-order valence-corrected chi connectivity index (χ0v) is 13.8. The van der Waals surface area contributed by atoms with E-state index in [1.807, 2.05) is 26.1 Å². The lowest BCUT2D eigenvalue weighted by Crippen LogP contribution is -2.10. The molecule has 0 fully saturated rings. The van der Waals surface area contributed by atoms with Crippen molar-refractivity contribution in [3.63, 3.8) is 0 Å². The normalized spacial score (nSPS) is 10.7. The van der Waals surface area contributed by atoms with E-state index < -0.39 is 0 Å². The summed E-state index contributed by atoms with van der Waals surface area (Å²) in [5, 5.41) is 4.34. The number of Topliss-reactive ketones (excluding diaryl/α,β-unsaturated/α-hetero) is 1. The van der Waals surface area contributed by atoms with Crippen molar-refractivity contribution in [2.75, 3.05) is 0 Å². The van der Waals surface area contributed by atoms with Crippen molar-refractivity contribution in [2.24, 2.45) is 7.05 Å². The molecule has 2 heterocycles. The third-order valence-corrected chi connectivity index (χ3v) is 3.84. The second kappa shape index (κ2) is 5.96. The molecule has 0 aliphatic carbocycles. The number of hydrogen-bond acceptors (Lipinski definition) is 3. The molecule has 0 unspecified atom stereocenters. The van der Waals surface area contributed by atoms with Gasteiger partial charge in [-0.2, -0.15) is 5.10 Å². The Balaban J connectivity index is 2.23. The van der Waals surface area contributed by atoms with Crippen LogP contribution in [0, 0.1) is 0 Å². The van der Waals surface area contributed by atoms with Crippen LogP contribution in [0.25, 0.3) is 0 Å². The number of rotatable bonds is 4. The van der Waals surface area contributed by atoms with E-state index in [1.165, 1.54) is 0 Å². The molecule has 100 valence electrons. The standard InChI is InChI=1S/C13H13Br2N3O/c1-3-9-5-10(18(2)17-9)6-12(19)13-11(15)4-8(14)7-16-13/h4-5,7H,3,6H2,1-2H3. The first-order valence-corrected chi connectivity index (χ1v) is 7.46. The molecule has 0 aliphatic rings. The number of ketones is 1. The number of aryl methyl sites for hydroxylation is 2. The molecule has 0 saturated carbocycles. The summed E-state index contributed by atoms with van der Waals surface area (Å²) in [5.41, 5.74) is 2.34. The van der Waals surface area contributed by atoms with Crippen molar-refractivity contribution in [1.29, 1.82) is 0 Å². The summed E-state index contributed by atoms with van der Waals surface area (Å²) in [5.74, 6) is -0.0231. The third kappa shape index (κ3) is 3.30. The van der Waals surface area contributed by atoms with E-state index in [2.05, 4.69) is 41.9 Å². The molecular weight excluding hydrogens is 374 g/mol. The van der Waals surface area contributed by atoms with E-state index in [1.54, 1.807) is 10.9 Å². The van der Waals surface area contributed by atoms with Gasteiger partial charge in [-0.25, -0.2) is 0 Å². The Hall–Kier alpha value is -1.01. The van der Waals surface area contributed by atoms with Crippen LogP contribution in [0.15, 0.2) is 27.3 Å². The van der Waals surface area contributed by atoms with E-state index >= 15 is 0 Å². The molecule has 0 aliphatic heterocycles. The van der Waals surface area contributed by atoms with Gasteiger partial charge in [0.15, 0.2) is 5.78 Å². The van der Waals surface area contributed by atoms with Gasteiger partial charge in [-0.1, -0.05) is 6.92 Å². The fourth-order valence-corrected chi connectivity index (χ4v) is 2.99. The molecule has 0 bridgehead atoms. The quantitative estimate of drug-likeness (QED) is 0.757. The predicted molar refractivity (Wildman–Crippen MR) is 80.3 cm³/mol. The summed E-state index contributed by atoms with van der Waals surface area (Å²) >= 11 is 6.68. The van der Waals surface area contributed by atoms with E-state index in [-0.39, 0.29) is 5.78 Å². The van der Waals surface area contributed by atoms with Crippen LogP contribution in [-0.4, -0.2) is 20.5 Å². The highest BCUT2D eigenvalue weighted by atomic mass is 79.9. The predicted octanol–water partition coefficient (Wildman–Crippen LogP) is 3.33. The largest absolute Gasteiger partial charge is 0.292 e. The molecule has 0 spiro atoms. The van der Waals surface area contributed by atoms with E-state index in [9.17, 15) is 4.79 Å². The molecule has 2 aromatic rings. The molecule has 19 heavy (non-hydrogen) atoms. The highest BCUT2D eigenvalue weighted by molar-refractivity contribution is 9.11. The Kier molecular flexibility index (Phi) is 4.52. The fourth-order valence-electron chi connectivity index (χ4n) is 1.78. The number of hydrogen-bond donors (Lipinski definition) is 0. The number of nitrogens with zero attached hydrogens (tertiary/aromatic N) is 3. The minimum absolute atomic E-state index is 0.0231. The van der Waals surface area contributed by atoms with Crippen molar-refractivity contribution >= 4 is 37.6 Å². The smallest absolute Gasteiger partial charge is 0.188 e. The number of carbonyl (C=O) groups is 1. The van der Waals surface area contributed by atoms with Crippen LogP contribution >= 0.6 is 31.9 Å². The van der Waals surface area contributed by atoms with Gasteiger partial charge >= 0.3 is 0 Å². The first-order chi connectivity index (χ1) is 9.01. The highest BCUT2D eigenvalue weighted by Crippen LogP contribution is 2.21. The van der Waals surface area contributed by atoms with Crippen molar-refractivity contribution in [1.82, 2.24) is 14.8 Å². The van der Waals surface area contributed by atoms with Crippen LogP contribution < -0.4 is 0 Å². The molecule has 2 rings (SSSR count). The zero-order chi connectivity index (χ0) is 14.0. The van der Waals surface area contributed by atoms with Crippen LogP contribution in [0.2, 0.25) is 0 Å². The third-order valence-electron chi connectivity index (χ3n) is 2.80. The maximum Gasteiger partial charge on any atom is 0.188 e. The van der Waals surface area contributed by atoms with Crippen molar-refractivity contribution in [3.05, 3.63) is 44.4 Å². The molecule has 4 nitrogen and oxygen atoms in total. The number of halogens is 2. The minimum Gasteiger partial charge on any atom is -0.292 e. The number of aromatic nitrogens is 3. The van der Waals surface area contributed by atoms with E-state index in [4.69, 9.17) is 0 Å². The average molecular weight is 387 g/mol.